The van der Waals surface area contributed by atoms with E-state index >= 15 is 0 Å². The Hall–Kier alpha value is -3.41. The molecule has 0 spiro atoms. The van der Waals surface area contributed by atoms with Crippen molar-refractivity contribution in [1.29, 1.82) is 0 Å². The smallest absolute Gasteiger partial charge is 0.338 e. The number of furan rings is 1. The molecular weight excluding hydrogens is 541 g/mol. The minimum Gasteiger partial charge on any atom is -0.463 e. The molecule has 1 atom stereocenters. The SMILES string of the molecule is CCOC(=O)C1=C(C)N=c2s/c(=C/c3ccc(Sc4nccc(C)n4)o3)c(=O)n2[C@@H]1c1ccc(SC)cc1. The molecule has 0 aliphatic carbocycles. The molecule has 0 amide bonds. The number of hydrogen-bond donors (Lipinski definition) is 0. The number of hydrogen-bond acceptors (Lipinski definition) is 10. The summed E-state index contributed by atoms with van der Waals surface area (Å²) in [6, 6.07) is 12.6. The van der Waals surface area contributed by atoms with E-state index in [1.165, 1.54) is 23.1 Å². The molecule has 0 unspecified atom stereocenters. The fourth-order valence-corrected chi connectivity index (χ4v) is 6.25. The van der Waals surface area contributed by atoms with Gasteiger partial charge in [0, 0.05) is 22.9 Å². The van der Waals surface area contributed by atoms with E-state index in [2.05, 4.69) is 15.0 Å². The zero-order valence-corrected chi connectivity index (χ0v) is 23.6. The number of carbonyl (C=O) groups excluding carboxylic acids is 1. The largest absolute Gasteiger partial charge is 0.463 e. The molecule has 3 aromatic heterocycles. The first-order chi connectivity index (χ1) is 18.4. The van der Waals surface area contributed by atoms with Gasteiger partial charge in [-0.05, 0) is 74.7 Å². The molecule has 0 radical (unpaired) electrons. The van der Waals surface area contributed by atoms with E-state index in [0.717, 1.165) is 16.2 Å². The Kier molecular flexibility index (Phi) is 7.68. The summed E-state index contributed by atoms with van der Waals surface area (Å²) in [5.41, 5.74) is 2.31. The summed E-state index contributed by atoms with van der Waals surface area (Å²) >= 11 is 4.19. The molecule has 194 valence electrons. The van der Waals surface area contributed by atoms with Crippen LogP contribution in [-0.2, 0) is 9.53 Å². The Balaban J connectivity index is 1.57. The van der Waals surface area contributed by atoms with Gasteiger partial charge in [0.25, 0.3) is 5.56 Å². The Morgan fingerprint density at radius 2 is 1.97 bits per heavy atom. The number of thioether (sulfide) groups is 1. The molecule has 4 aromatic rings. The van der Waals surface area contributed by atoms with Crippen LogP contribution in [0.25, 0.3) is 6.08 Å². The summed E-state index contributed by atoms with van der Waals surface area (Å²) in [5.74, 6) is 0.0423. The van der Waals surface area contributed by atoms with Crippen molar-refractivity contribution in [2.24, 2.45) is 4.99 Å². The molecule has 8 nitrogen and oxygen atoms in total. The van der Waals surface area contributed by atoms with Crippen LogP contribution in [0.1, 0.15) is 36.9 Å². The van der Waals surface area contributed by atoms with Gasteiger partial charge in [0.1, 0.15) is 5.76 Å². The number of aromatic nitrogens is 3. The minimum atomic E-state index is -0.649. The van der Waals surface area contributed by atoms with Crippen molar-refractivity contribution in [1.82, 2.24) is 14.5 Å². The topological polar surface area (TPSA) is 99.6 Å². The van der Waals surface area contributed by atoms with Crippen LogP contribution >= 0.6 is 34.9 Å². The number of thiazole rings is 1. The lowest BCUT2D eigenvalue weighted by Gasteiger charge is -2.24. The van der Waals surface area contributed by atoms with Crippen LogP contribution in [0, 0.1) is 6.92 Å². The van der Waals surface area contributed by atoms with E-state index in [0.29, 0.717) is 36.6 Å². The van der Waals surface area contributed by atoms with Gasteiger partial charge in [-0.25, -0.2) is 19.8 Å². The van der Waals surface area contributed by atoms with E-state index in [4.69, 9.17) is 9.15 Å². The van der Waals surface area contributed by atoms with Crippen LogP contribution in [0.4, 0.5) is 0 Å². The van der Waals surface area contributed by atoms with Crippen LogP contribution in [0.3, 0.4) is 0 Å². The van der Waals surface area contributed by atoms with E-state index in [9.17, 15) is 9.59 Å². The third kappa shape index (κ3) is 5.27. The van der Waals surface area contributed by atoms with Crippen molar-refractivity contribution < 1.29 is 13.9 Å². The number of esters is 1. The fraction of sp³-hybridized carbons (Fsp3) is 0.222. The third-order valence-corrected chi connectivity index (χ3v) is 8.32. The maximum Gasteiger partial charge on any atom is 0.338 e. The summed E-state index contributed by atoms with van der Waals surface area (Å²) in [5, 5.41) is 1.20. The number of fused-ring (bicyclic) bond motifs is 1. The molecule has 0 saturated heterocycles. The van der Waals surface area contributed by atoms with Gasteiger partial charge < -0.3 is 9.15 Å². The van der Waals surface area contributed by atoms with E-state index in [1.54, 1.807) is 48.5 Å². The van der Waals surface area contributed by atoms with Crippen LogP contribution in [-0.4, -0.2) is 33.4 Å². The normalized spacial score (nSPS) is 15.4. The van der Waals surface area contributed by atoms with Gasteiger partial charge >= 0.3 is 5.97 Å². The van der Waals surface area contributed by atoms with Crippen molar-refractivity contribution in [2.45, 2.75) is 42.0 Å². The van der Waals surface area contributed by atoms with Gasteiger partial charge in [-0.2, -0.15) is 0 Å². The number of rotatable bonds is 7. The molecule has 1 aliphatic heterocycles. The lowest BCUT2D eigenvalue weighted by Crippen LogP contribution is -2.39. The highest BCUT2D eigenvalue weighted by molar-refractivity contribution is 7.99. The predicted octanol–water partition coefficient (Wildman–Crippen LogP) is 4.36. The summed E-state index contributed by atoms with van der Waals surface area (Å²) in [6.45, 7) is 5.66. The predicted molar refractivity (Wildman–Crippen MR) is 148 cm³/mol. The summed E-state index contributed by atoms with van der Waals surface area (Å²) in [4.78, 5) is 41.6. The van der Waals surface area contributed by atoms with Crippen molar-refractivity contribution in [3.8, 4) is 0 Å². The number of benzene rings is 1. The van der Waals surface area contributed by atoms with Crippen LogP contribution in [0.5, 0.6) is 0 Å². The second-order valence-electron chi connectivity index (χ2n) is 8.31. The Bertz CT molecular complexity index is 1720. The number of ether oxygens (including phenoxy) is 1. The standard InChI is InChI=1S/C27H24N4O4S3/c1-5-34-25(33)22-16(3)30-27-31(23(22)17-6-9-19(36-4)10-7-17)24(32)20(37-27)14-18-8-11-21(35-18)38-26-28-13-12-15(2)29-26/h6-14,23H,5H2,1-4H3/b20-14+/t23-/m1/s1. The number of aryl methyl sites for hydroxylation is 1. The van der Waals surface area contributed by atoms with Gasteiger partial charge in [0.2, 0.25) is 0 Å². The minimum absolute atomic E-state index is 0.227. The molecular formula is C27H24N4O4S3. The molecule has 11 heteroatoms. The van der Waals surface area contributed by atoms with Crippen LogP contribution < -0.4 is 14.9 Å². The fourth-order valence-electron chi connectivity index (χ4n) is 4.05. The molecule has 1 aromatic carbocycles. The van der Waals surface area contributed by atoms with Gasteiger partial charge in [0.15, 0.2) is 15.1 Å². The summed E-state index contributed by atoms with van der Waals surface area (Å²) in [7, 11) is 0. The number of allylic oxidation sites excluding steroid dienone is 1. The van der Waals surface area contributed by atoms with E-state index in [-0.39, 0.29) is 12.2 Å². The maximum atomic E-state index is 13.7. The number of carbonyl (C=O) groups is 1. The zero-order chi connectivity index (χ0) is 26.8. The van der Waals surface area contributed by atoms with Gasteiger partial charge in [-0.3, -0.25) is 9.36 Å². The highest BCUT2D eigenvalue weighted by Crippen LogP contribution is 2.32. The quantitative estimate of drug-likeness (QED) is 0.185. The molecule has 0 fully saturated rings. The van der Waals surface area contributed by atoms with Crippen molar-refractivity contribution in [3.63, 3.8) is 0 Å². The van der Waals surface area contributed by atoms with Crippen LogP contribution in [0.15, 0.2) is 89.3 Å². The first-order valence-electron chi connectivity index (χ1n) is 11.8. The van der Waals surface area contributed by atoms with Gasteiger partial charge in [-0.1, -0.05) is 23.5 Å². The first kappa shape index (κ1) is 26.2. The average molecular weight is 565 g/mol. The molecule has 0 saturated carbocycles. The van der Waals surface area contributed by atoms with Crippen LogP contribution in [0.2, 0.25) is 0 Å². The Labute approximate surface area is 231 Å². The molecule has 5 rings (SSSR count). The zero-order valence-electron chi connectivity index (χ0n) is 21.1. The Morgan fingerprint density at radius 3 is 2.68 bits per heavy atom. The first-order valence-corrected chi connectivity index (χ1v) is 14.6. The second-order valence-corrected chi connectivity index (χ2v) is 11.2. The van der Waals surface area contributed by atoms with E-state index < -0.39 is 12.0 Å². The van der Waals surface area contributed by atoms with Gasteiger partial charge in [0.05, 0.1) is 28.5 Å². The molecule has 0 N–H and O–H groups in total. The molecule has 0 bridgehead atoms. The molecule has 38 heavy (non-hydrogen) atoms. The Morgan fingerprint density at radius 1 is 1.18 bits per heavy atom. The van der Waals surface area contributed by atoms with Crippen molar-refractivity contribution in [3.05, 3.63) is 96.6 Å². The second kappa shape index (κ2) is 11.1. The number of nitrogens with zero attached hydrogens (tertiary/aromatic N) is 4. The lowest BCUT2D eigenvalue weighted by molar-refractivity contribution is -0.139. The summed E-state index contributed by atoms with van der Waals surface area (Å²) in [6.07, 6.45) is 5.40. The summed E-state index contributed by atoms with van der Waals surface area (Å²) < 4.78 is 13.3. The van der Waals surface area contributed by atoms with Crippen molar-refractivity contribution in [2.75, 3.05) is 12.9 Å². The highest BCUT2D eigenvalue weighted by Gasteiger charge is 2.33. The highest BCUT2D eigenvalue weighted by atomic mass is 32.2. The van der Waals surface area contributed by atoms with E-state index in [1.807, 2.05) is 49.6 Å². The van der Waals surface area contributed by atoms with Gasteiger partial charge in [-0.15, -0.1) is 11.8 Å². The monoisotopic (exact) mass is 564 g/mol. The average Bonchev–Trinajstić information content (AvgIpc) is 3.46. The maximum absolute atomic E-state index is 13.7. The van der Waals surface area contributed by atoms with Crippen molar-refractivity contribution >= 4 is 46.9 Å². The third-order valence-electron chi connectivity index (χ3n) is 5.79. The lowest BCUT2D eigenvalue weighted by atomic mass is 9.96. The molecule has 1 aliphatic rings. The molecule has 4 heterocycles.